The molecule has 3 aromatic rings. The summed E-state index contributed by atoms with van der Waals surface area (Å²) in [6.07, 6.45) is 0. The molecule has 0 fully saturated rings. The lowest BCUT2D eigenvalue weighted by atomic mass is 9.97. The Kier molecular flexibility index (Phi) is 5.12. The van der Waals surface area contributed by atoms with Crippen molar-refractivity contribution in [1.29, 1.82) is 0 Å². The Morgan fingerprint density at radius 2 is 1.63 bits per heavy atom. The highest BCUT2D eigenvalue weighted by atomic mass is 16.5. The Balaban J connectivity index is 1.99. The molecule has 0 radical (unpaired) electrons. The van der Waals surface area contributed by atoms with Crippen LogP contribution in [0.25, 0.3) is 10.8 Å². The number of ether oxygens (including phenoxy) is 1. The van der Waals surface area contributed by atoms with Crippen LogP contribution < -0.4 is 10.1 Å². The van der Waals surface area contributed by atoms with Gasteiger partial charge in [0.25, 0.3) is 5.91 Å². The minimum atomic E-state index is -1.37. The van der Waals surface area contributed by atoms with Gasteiger partial charge in [-0.2, -0.15) is 0 Å². The monoisotopic (exact) mass is 363 g/mol. The summed E-state index contributed by atoms with van der Waals surface area (Å²) < 4.78 is 5.87. The average Bonchev–Trinajstić information content (AvgIpc) is 2.66. The molecule has 0 unspecified atom stereocenters. The van der Waals surface area contributed by atoms with E-state index < -0.39 is 17.4 Å². The third-order valence-corrected chi connectivity index (χ3v) is 4.37. The van der Waals surface area contributed by atoms with Crippen LogP contribution in [0, 0.1) is 0 Å². The third kappa shape index (κ3) is 4.08. The molecule has 0 aliphatic carbocycles. The van der Waals surface area contributed by atoms with E-state index in [-0.39, 0.29) is 6.61 Å². The van der Waals surface area contributed by atoms with Crippen LogP contribution in [0.15, 0.2) is 66.7 Å². The number of carboxylic acid groups (broad SMARTS) is 1. The molecule has 0 aliphatic rings. The number of carbonyl (C=O) groups excluding carboxylic acids is 1. The standard InChI is InChI=1S/C22H21NO4/c1-22(2,21(25)26)23-20(24)18-13-12-15-8-6-7-11-17(15)19(18)14-27-16-9-4-3-5-10-16/h3-13H,14H2,1-2H3,(H,23,24)(H,25,26). The van der Waals surface area contributed by atoms with E-state index in [2.05, 4.69) is 5.32 Å². The van der Waals surface area contributed by atoms with Gasteiger partial charge in [0.15, 0.2) is 0 Å². The van der Waals surface area contributed by atoms with Crippen molar-refractivity contribution in [2.45, 2.75) is 26.0 Å². The van der Waals surface area contributed by atoms with Gasteiger partial charge in [-0.15, -0.1) is 0 Å². The summed E-state index contributed by atoms with van der Waals surface area (Å²) in [5.41, 5.74) is -0.255. The Bertz CT molecular complexity index is 980. The summed E-state index contributed by atoms with van der Waals surface area (Å²) in [4.78, 5) is 24.2. The number of carboxylic acids is 1. The average molecular weight is 363 g/mol. The van der Waals surface area contributed by atoms with Crippen LogP contribution in [0.3, 0.4) is 0 Å². The summed E-state index contributed by atoms with van der Waals surface area (Å²) in [6.45, 7) is 3.10. The maximum atomic E-state index is 12.8. The Morgan fingerprint density at radius 3 is 2.33 bits per heavy atom. The number of aliphatic carboxylic acids is 1. The highest BCUT2D eigenvalue weighted by molar-refractivity contribution is 6.03. The van der Waals surface area contributed by atoms with Crippen LogP contribution in [0.4, 0.5) is 0 Å². The van der Waals surface area contributed by atoms with Gasteiger partial charge in [-0.3, -0.25) is 4.79 Å². The first-order chi connectivity index (χ1) is 12.9. The van der Waals surface area contributed by atoms with E-state index in [1.54, 1.807) is 6.07 Å². The molecule has 0 aromatic heterocycles. The molecule has 0 spiro atoms. The fourth-order valence-electron chi connectivity index (χ4n) is 2.78. The van der Waals surface area contributed by atoms with Gasteiger partial charge in [0.05, 0.1) is 0 Å². The molecule has 5 nitrogen and oxygen atoms in total. The van der Waals surface area contributed by atoms with E-state index in [0.29, 0.717) is 11.3 Å². The Hall–Kier alpha value is -3.34. The maximum absolute atomic E-state index is 12.8. The molecule has 27 heavy (non-hydrogen) atoms. The van der Waals surface area contributed by atoms with E-state index in [9.17, 15) is 14.7 Å². The van der Waals surface area contributed by atoms with Crippen LogP contribution in [-0.4, -0.2) is 22.5 Å². The van der Waals surface area contributed by atoms with Crippen molar-refractivity contribution in [3.8, 4) is 5.75 Å². The molecule has 0 bridgehead atoms. The van der Waals surface area contributed by atoms with Gasteiger partial charge in [-0.25, -0.2) is 4.79 Å². The zero-order valence-corrected chi connectivity index (χ0v) is 15.2. The molecular weight excluding hydrogens is 342 g/mol. The second-order valence-electron chi connectivity index (χ2n) is 6.80. The highest BCUT2D eigenvalue weighted by Crippen LogP contribution is 2.25. The normalized spacial score (nSPS) is 11.2. The Labute approximate surface area is 157 Å². The van der Waals surface area contributed by atoms with Crippen LogP contribution >= 0.6 is 0 Å². The molecule has 2 N–H and O–H groups in total. The molecule has 0 saturated heterocycles. The van der Waals surface area contributed by atoms with Gasteiger partial charge >= 0.3 is 5.97 Å². The number of hydrogen-bond donors (Lipinski definition) is 2. The van der Waals surface area contributed by atoms with E-state index in [0.717, 1.165) is 16.3 Å². The van der Waals surface area contributed by atoms with Crippen molar-refractivity contribution in [1.82, 2.24) is 5.32 Å². The predicted molar refractivity (Wildman–Crippen MR) is 104 cm³/mol. The van der Waals surface area contributed by atoms with Gasteiger partial charge in [-0.1, -0.05) is 48.5 Å². The molecule has 5 heteroatoms. The predicted octanol–water partition coefficient (Wildman–Crippen LogP) is 4.01. The third-order valence-electron chi connectivity index (χ3n) is 4.37. The van der Waals surface area contributed by atoms with Crippen molar-refractivity contribution < 1.29 is 19.4 Å². The van der Waals surface area contributed by atoms with Crippen molar-refractivity contribution in [3.05, 3.63) is 77.9 Å². The zero-order chi connectivity index (χ0) is 19.4. The minimum absolute atomic E-state index is 0.196. The van der Waals surface area contributed by atoms with Gasteiger partial charge < -0.3 is 15.2 Å². The molecular formula is C22H21NO4. The van der Waals surface area contributed by atoms with Crippen molar-refractivity contribution >= 4 is 22.6 Å². The van der Waals surface area contributed by atoms with Crippen molar-refractivity contribution in [2.24, 2.45) is 0 Å². The number of nitrogens with one attached hydrogen (secondary N) is 1. The number of para-hydroxylation sites is 1. The van der Waals surface area contributed by atoms with Crippen molar-refractivity contribution in [3.63, 3.8) is 0 Å². The van der Waals surface area contributed by atoms with Crippen LogP contribution in [0.5, 0.6) is 5.75 Å². The number of hydrogen-bond acceptors (Lipinski definition) is 3. The molecule has 138 valence electrons. The summed E-state index contributed by atoms with van der Waals surface area (Å²) in [5, 5.41) is 13.8. The van der Waals surface area contributed by atoms with Crippen molar-refractivity contribution in [2.75, 3.05) is 0 Å². The smallest absolute Gasteiger partial charge is 0.328 e. The number of benzene rings is 3. The van der Waals surface area contributed by atoms with E-state index in [1.165, 1.54) is 13.8 Å². The number of fused-ring (bicyclic) bond motifs is 1. The lowest BCUT2D eigenvalue weighted by Gasteiger charge is -2.22. The molecule has 0 saturated carbocycles. The second-order valence-corrected chi connectivity index (χ2v) is 6.80. The van der Waals surface area contributed by atoms with Crippen LogP contribution in [0.2, 0.25) is 0 Å². The largest absolute Gasteiger partial charge is 0.489 e. The van der Waals surface area contributed by atoms with Gasteiger partial charge in [0.1, 0.15) is 17.9 Å². The first kappa shape index (κ1) is 18.5. The van der Waals surface area contributed by atoms with Crippen LogP contribution in [-0.2, 0) is 11.4 Å². The molecule has 0 heterocycles. The van der Waals surface area contributed by atoms with E-state index in [4.69, 9.17) is 4.74 Å². The maximum Gasteiger partial charge on any atom is 0.328 e. The molecule has 3 aromatic carbocycles. The Morgan fingerprint density at radius 1 is 0.963 bits per heavy atom. The summed E-state index contributed by atoms with van der Waals surface area (Å²) >= 11 is 0. The van der Waals surface area contributed by atoms with Crippen LogP contribution in [0.1, 0.15) is 29.8 Å². The first-order valence-electron chi connectivity index (χ1n) is 8.63. The minimum Gasteiger partial charge on any atom is -0.489 e. The SMILES string of the molecule is CC(C)(NC(=O)c1ccc2ccccc2c1COc1ccccc1)C(=O)O. The highest BCUT2D eigenvalue weighted by Gasteiger charge is 2.30. The van der Waals surface area contributed by atoms with Gasteiger partial charge in [0.2, 0.25) is 0 Å². The van der Waals surface area contributed by atoms with Gasteiger partial charge in [-0.05, 0) is 42.8 Å². The summed E-state index contributed by atoms with van der Waals surface area (Å²) in [5.74, 6) is -0.846. The molecule has 1 amide bonds. The number of rotatable bonds is 6. The number of carbonyl (C=O) groups is 2. The fraction of sp³-hybridized carbons (Fsp3) is 0.182. The molecule has 3 rings (SSSR count). The summed E-state index contributed by atoms with van der Waals surface area (Å²) in [6, 6.07) is 20.6. The first-order valence-corrected chi connectivity index (χ1v) is 8.63. The molecule has 0 atom stereocenters. The zero-order valence-electron chi connectivity index (χ0n) is 15.2. The molecule has 0 aliphatic heterocycles. The number of amides is 1. The lowest BCUT2D eigenvalue weighted by molar-refractivity contribution is -0.143. The summed E-state index contributed by atoms with van der Waals surface area (Å²) in [7, 11) is 0. The quantitative estimate of drug-likeness (QED) is 0.694. The van der Waals surface area contributed by atoms with Gasteiger partial charge in [0, 0.05) is 11.1 Å². The fourth-order valence-corrected chi connectivity index (χ4v) is 2.78. The second kappa shape index (κ2) is 7.50. The topological polar surface area (TPSA) is 75.6 Å². The lowest BCUT2D eigenvalue weighted by Crippen LogP contribution is -2.49. The van der Waals surface area contributed by atoms with E-state index >= 15 is 0 Å². The van der Waals surface area contributed by atoms with E-state index in [1.807, 2.05) is 60.7 Å².